The van der Waals surface area contributed by atoms with Crippen molar-refractivity contribution >= 4 is 22.2 Å². The van der Waals surface area contributed by atoms with Gasteiger partial charge in [0, 0.05) is 29.9 Å². The zero-order valence-corrected chi connectivity index (χ0v) is 14.4. The van der Waals surface area contributed by atoms with E-state index in [1.807, 2.05) is 22.0 Å². The molecule has 0 amide bonds. The standard InChI is InChI=1S/C18H16FN5S/c1-2-8-20-17-21-9-7-14(22-17)16-15(12-3-5-13(19)6-4-12)23-18-24(16)10-11-25-18/h3-7,9-11H,2,8H2,1H3,(H,20,21,22). The van der Waals surface area contributed by atoms with Gasteiger partial charge < -0.3 is 5.32 Å². The number of thiazole rings is 1. The minimum atomic E-state index is -0.264. The Morgan fingerprint density at radius 2 is 2.00 bits per heavy atom. The first-order valence-electron chi connectivity index (χ1n) is 8.05. The summed E-state index contributed by atoms with van der Waals surface area (Å²) in [6.07, 6.45) is 4.70. The van der Waals surface area contributed by atoms with E-state index in [4.69, 9.17) is 4.98 Å². The molecule has 0 unspecified atom stereocenters. The number of aromatic nitrogens is 4. The Bertz CT molecular complexity index is 1010. The Morgan fingerprint density at radius 3 is 2.80 bits per heavy atom. The van der Waals surface area contributed by atoms with Crippen LogP contribution in [0.4, 0.5) is 10.3 Å². The zero-order valence-electron chi connectivity index (χ0n) is 13.6. The van der Waals surface area contributed by atoms with E-state index in [2.05, 4.69) is 22.2 Å². The van der Waals surface area contributed by atoms with Gasteiger partial charge in [0.2, 0.25) is 5.95 Å². The van der Waals surface area contributed by atoms with Gasteiger partial charge in [0.15, 0.2) is 4.96 Å². The van der Waals surface area contributed by atoms with Crippen LogP contribution in [-0.2, 0) is 0 Å². The second-order valence-electron chi connectivity index (χ2n) is 5.56. The minimum Gasteiger partial charge on any atom is -0.354 e. The molecule has 25 heavy (non-hydrogen) atoms. The lowest BCUT2D eigenvalue weighted by molar-refractivity contribution is 0.628. The van der Waals surface area contributed by atoms with Gasteiger partial charge in [-0.25, -0.2) is 19.3 Å². The fraction of sp³-hybridized carbons (Fsp3) is 0.167. The molecule has 5 nitrogen and oxygen atoms in total. The fourth-order valence-corrected chi connectivity index (χ4v) is 3.37. The first kappa shape index (κ1) is 15.7. The molecule has 0 fully saturated rings. The number of imidazole rings is 1. The molecular formula is C18H16FN5S. The van der Waals surface area contributed by atoms with Crippen LogP contribution in [0.1, 0.15) is 13.3 Å². The van der Waals surface area contributed by atoms with E-state index in [9.17, 15) is 4.39 Å². The summed E-state index contributed by atoms with van der Waals surface area (Å²) < 4.78 is 15.3. The maximum absolute atomic E-state index is 13.3. The van der Waals surface area contributed by atoms with Crippen LogP contribution < -0.4 is 5.32 Å². The van der Waals surface area contributed by atoms with Crippen LogP contribution in [0.15, 0.2) is 48.1 Å². The Balaban J connectivity index is 1.87. The van der Waals surface area contributed by atoms with E-state index in [0.29, 0.717) is 5.95 Å². The molecule has 3 aromatic heterocycles. The lowest BCUT2D eigenvalue weighted by Gasteiger charge is -2.07. The molecule has 0 atom stereocenters. The fourth-order valence-electron chi connectivity index (χ4n) is 2.65. The zero-order chi connectivity index (χ0) is 17.2. The second-order valence-corrected chi connectivity index (χ2v) is 6.44. The third kappa shape index (κ3) is 2.98. The van der Waals surface area contributed by atoms with Crippen molar-refractivity contribution in [1.82, 2.24) is 19.4 Å². The summed E-state index contributed by atoms with van der Waals surface area (Å²) in [5, 5.41) is 5.19. The molecule has 0 bridgehead atoms. The molecule has 1 aromatic carbocycles. The molecule has 0 aliphatic heterocycles. The summed E-state index contributed by atoms with van der Waals surface area (Å²) in [6, 6.07) is 8.23. The van der Waals surface area contributed by atoms with Gasteiger partial charge in [0.05, 0.1) is 11.4 Å². The average Bonchev–Trinajstić information content (AvgIpc) is 3.22. The van der Waals surface area contributed by atoms with Crippen molar-refractivity contribution in [3.63, 3.8) is 0 Å². The van der Waals surface area contributed by atoms with Gasteiger partial charge in [-0.1, -0.05) is 6.92 Å². The number of hydrogen-bond acceptors (Lipinski definition) is 5. The number of nitrogens with one attached hydrogen (secondary N) is 1. The number of hydrogen-bond donors (Lipinski definition) is 1. The monoisotopic (exact) mass is 353 g/mol. The third-order valence-electron chi connectivity index (χ3n) is 3.81. The summed E-state index contributed by atoms with van der Waals surface area (Å²) in [7, 11) is 0. The van der Waals surface area contributed by atoms with Gasteiger partial charge in [0.25, 0.3) is 0 Å². The predicted molar refractivity (Wildman–Crippen MR) is 98.3 cm³/mol. The van der Waals surface area contributed by atoms with Crippen molar-refractivity contribution < 1.29 is 4.39 Å². The van der Waals surface area contributed by atoms with Crippen molar-refractivity contribution in [2.75, 3.05) is 11.9 Å². The molecule has 0 radical (unpaired) electrons. The van der Waals surface area contributed by atoms with E-state index in [-0.39, 0.29) is 5.82 Å². The summed E-state index contributed by atoms with van der Waals surface area (Å²) in [4.78, 5) is 14.5. The van der Waals surface area contributed by atoms with E-state index < -0.39 is 0 Å². The summed E-state index contributed by atoms with van der Waals surface area (Å²) >= 11 is 1.55. The van der Waals surface area contributed by atoms with Gasteiger partial charge in [-0.15, -0.1) is 11.3 Å². The lowest BCUT2D eigenvalue weighted by Crippen LogP contribution is -2.04. The molecule has 3 heterocycles. The molecular weight excluding hydrogens is 337 g/mol. The smallest absolute Gasteiger partial charge is 0.223 e. The van der Waals surface area contributed by atoms with Gasteiger partial charge in [-0.2, -0.15) is 0 Å². The molecule has 0 spiro atoms. The molecule has 4 rings (SSSR count). The largest absolute Gasteiger partial charge is 0.354 e. The van der Waals surface area contributed by atoms with Gasteiger partial charge in [0.1, 0.15) is 11.5 Å². The Hall–Kier alpha value is -2.80. The van der Waals surface area contributed by atoms with Crippen LogP contribution in [0.5, 0.6) is 0 Å². The van der Waals surface area contributed by atoms with Crippen molar-refractivity contribution in [3.8, 4) is 22.6 Å². The van der Waals surface area contributed by atoms with Crippen molar-refractivity contribution in [2.45, 2.75) is 13.3 Å². The normalized spacial score (nSPS) is 11.1. The lowest BCUT2D eigenvalue weighted by atomic mass is 10.1. The number of rotatable bonds is 5. The quantitative estimate of drug-likeness (QED) is 0.575. The summed E-state index contributed by atoms with van der Waals surface area (Å²) in [5.74, 6) is 0.328. The highest BCUT2D eigenvalue weighted by atomic mass is 32.1. The van der Waals surface area contributed by atoms with Crippen LogP contribution in [-0.4, -0.2) is 25.9 Å². The molecule has 0 saturated heterocycles. The van der Waals surface area contributed by atoms with Crippen LogP contribution in [0, 0.1) is 5.82 Å². The summed E-state index contributed by atoms with van der Waals surface area (Å²) in [5.41, 5.74) is 3.30. The molecule has 7 heteroatoms. The molecule has 4 aromatic rings. The first-order chi connectivity index (χ1) is 12.3. The van der Waals surface area contributed by atoms with E-state index >= 15 is 0 Å². The minimum absolute atomic E-state index is 0.264. The Morgan fingerprint density at radius 1 is 1.16 bits per heavy atom. The molecule has 0 aliphatic carbocycles. The van der Waals surface area contributed by atoms with Crippen molar-refractivity contribution in [1.29, 1.82) is 0 Å². The van der Waals surface area contributed by atoms with Crippen LogP contribution >= 0.6 is 11.3 Å². The maximum atomic E-state index is 13.3. The predicted octanol–water partition coefficient (Wildman–Crippen LogP) is 4.48. The van der Waals surface area contributed by atoms with Crippen molar-refractivity contribution in [3.05, 3.63) is 53.9 Å². The SMILES string of the molecule is CCCNc1nccc(-c2c(-c3ccc(F)cc3)nc3sccn23)n1. The number of fused-ring (bicyclic) bond motifs is 1. The number of halogens is 1. The first-order valence-corrected chi connectivity index (χ1v) is 8.93. The highest BCUT2D eigenvalue weighted by molar-refractivity contribution is 7.15. The highest BCUT2D eigenvalue weighted by Crippen LogP contribution is 2.33. The number of benzene rings is 1. The Labute approximate surface area is 148 Å². The van der Waals surface area contributed by atoms with Crippen LogP contribution in [0.2, 0.25) is 0 Å². The van der Waals surface area contributed by atoms with E-state index in [1.165, 1.54) is 12.1 Å². The summed E-state index contributed by atoms with van der Waals surface area (Å²) in [6.45, 7) is 2.91. The molecule has 126 valence electrons. The Kier molecular flexibility index (Phi) is 4.15. The second kappa shape index (κ2) is 6.60. The van der Waals surface area contributed by atoms with E-state index in [0.717, 1.165) is 40.6 Å². The van der Waals surface area contributed by atoms with Gasteiger partial charge in [-0.3, -0.25) is 4.40 Å². The van der Waals surface area contributed by atoms with Gasteiger partial charge in [-0.05, 0) is 36.8 Å². The molecule has 0 aliphatic rings. The molecule has 1 N–H and O–H groups in total. The average molecular weight is 353 g/mol. The van der Waals surface area contributed by atoms with Gasteiger partial charge >= 0.3 is 0 Å². The highest BCUT2D eigenvalue weighted by Gasteiger charge is 2.18. The third-order valence-corrected chi connectivity index (χ3v) is 4.57. The number of anilines is 1. The van der Waals surface area contributed by atoms with E-state index in [1.54, 1.807) is 29.7 Å². The van der Waals surface area contributed by atoms with Crippen molar-refractivity contribution in [2.24, 2.45) is 0 Å². The van der Waals surface area contributed by atoms with Crippen LogP contribution in [0.25, 0.3) is 27.6 Å². The van der Waals surface area contributed by atoms with Crippen LogP contribution in [0.3, 0.4) is 0 Å². The maximum Gasteiger partial charge on any atom is 0.223 e. The molecule has 0 saturated carbocycles. The topological polar surface area (TPSA) is 55.1 Å². The number of nitrogens with zero attached hydrogens (tertiary/aromatic N) is 4.